The van der Waals surface area contributed by atoms with Gasteiger partial charge in [0.2, 0.25) is 0 Å². The minimum Gasteiger partial charge on any atom is -0.479 e. The third-order valence-corrected chi connectivity index (χ3v) is 2.31. The molecule has 18 heavy (non-hydrogen) atoms. The summed E-state index contributed by atoms with van der Waals surface area (Å²) in [6, 6.07) is 0. The van der Waals surface area contributed by atoms with E-state index in [-0.39, 0.29) is 31.8 Å². The van der Waals surface area contributed by atoms with Gasteiger partial charge in [0.15, 0.2) is 16.5 Å². The van der Waals surface area contributed by atoms with Crippen LogP contribution >= 0.6 is 0 Å². The van der Waals surface area contributed by atoms with Crippen molar-refractivity contribution in [2.24, 2.45) is 16.5 Å². The van der Waals surface area contributed by atoms with Crippen LogP contribution in [0.4, 0.5) is 0 Å². The monoisotopic (exact) mass is 263 g/mol. The number of nitrogens with one attached hydrogen (secondary N) is 1. The number of hydrogen-bond donors (Lipinski definition) is 5. The van der Waals surface area contributed by atoms with Gasteiger partial charge in [0, 0.05) is 19.6 Å². The molecule has 0 aliphatic heterocycles. The number of carbonyl (C=O) groups is 1. The molecule has 10 nitrogen and oxygen atoms in total. The Kier molecular flexibility index (Phi) is 6.42. The second-order valence-corrected chi connectivity index (χ2v) is 3.64. The van der Waals surface area contributed by atoms with E-state index >= 15 is 0 Å². The molecule has 0 saturated heterocycles. The Morgan fingerprint density at radius 3 is 2.44 bits per heavy atom. The first-order chi connectivity index (χ1) is 8.34. The third-order valence-electron chi connectivity index (χ3n) is 2.31. The minimum atomic E-state index is -1.82. The molecule has 0 radical (unpaired) electrons. The van der Waals surface area contributed by atoms with E-state index in [1.165, 1.54) is 0 Å². The molecule has 0 aliphatic rings. The molecule has 10 heteroatoms. The van der Waals surface area contributed by atoms with Crippen molar-refractivity contribution in [3.63, 3.8) is 0 Å². The van der Waals surface area contributed by atoms with Gasteiger partial charge >= 0.3 is 5.97 Å². The number of aliphatic imine (C=N–C) groups is 1. The number of hydrazine groups is 1. The minimum absolute atomic E-state index is 0.0827. The lowest BCUT2D eigenvalue weighted by atomic mass is 9.91. The van der Waals surface area contributed by atoms with Crippen LogP contribution in [0, 0.1) is 10.1 Å². The Labute approximate surface area is 103 Å². The lowest BCUT2D eigenvalue weighted by Crippen LogP contribution is -2.55. The van der Waals surface area contributed by atoms with Crippen LogP contribution in [-0.2, 0) is 4.79 Å². The highest BCUT2D eigenvalue weighted by Gasteiger charge is 2.42. The van der Waals surface area contributed by atoms with Crippen LogP contribution in [-0.4, -0.2) is 45.9 Å². The van der Waals surface area contributed by atoms with Gasteiger partial charge in [-0.2, -0.15) is 0 Å². The third kappa shape index (κ3) is 5.30. The average Bonchev–Trinajstić information content (AvgIpc) is 2.23. The fourth-order valence-corrected chi connectivity index (χ4v) is 1.45. The Balaban J connectivity index is 4.67. The number of nitro groups is 1. The normalized spacial score (nSPS) is 13.4. The summed E-state index contributed by atoms with van der Waals surface area (Å²) in [4.78, 5) is 25.2. The lowest BCUT2D eigenvalue weighted by Gasteiger charge is -2.24. The molecule has 7 N–H and O–H groups in total. The highest BCUT2D eigenvalue weighted by molar-refractivity contribution is 5.78. The molecule has 0 aromatic heterocycles. The van der Waals surface area contributed by atoms with E-state index in [2.05, 4.69) is 4.99 Å². The van der Waals surface area contributed by atoms with Gasteiger partial charge in [-0.3, -0.25) is 4.99 Å². The molecular formula is C8H17N5O5. The first-order valence-corrected chi connectivity index (χ1v) is 5.16. The molecule has 0 heterocycles. The summed E-state index contributed by atoms with van der Waals surface area (Å²) in [5.74, 6) is -1.54. The topological polar surface area (TPSA) is 177 Å². The molecule has 0 unspecified atom stereocenters. The molecule has 0 rings (SSSR count). The van der Waals surface area contributed by atoms with Crippen LogP contribution in [0.1, 0.15) is 19.3 Å². The quantitative estimate of drug-likeness (QED) is 0.104. The lowest BCUT2D eigenvalue weighted by molar-refractivity contribution is -0.557. The molecule has 1 atom stereocenters. The molecule has 0 saturated carbocycles. The van der Waals surface area contributed by atoms with Crippen LogP contribution in [0.5, 0.6) is 0 Å². The van der Waals surface area contributed by atoms with Gasteiger partial charge in [0.1, 0.15) is 0 Å². The van der Waals surface area contributed by atoms with Crippen molar-refractivity contribution in [1.82, 2.24) is 5.43 Å². The smallest absolute Gasteiger partial charge is 0.335 e. The van der Waals surface area contributed by atoms with Gasteiger partial charge < -0.3 is 21.7 Å². The van der Waals surface area contributed by atoms with Crippen molar-refractivity contribution in [1.29, 1.82) is 0 Å². The average molecular weight is 263 g/mol. The molecule has 0 fully saturated rings. The summed E-state index contributed by atoms with van der Waals surface area (Å²) in [5.41, 5.74) is 10.1. The summed E-state index contributed by atoms with van der Waals surface area (Å²) in [6.45, 7) is -0.336. The fraction of sp³-hybridized carbons (Fsp3) is 0.750. The van der Waals surface area contributed by atoms with Crippen molar-refractivity contribution in [3.8, 4) is 0 Å². The Morgan fingerprint density at radius 1 is 1.44 bits per heavy atom. The van der Waals surface area contributed by atoms with Gasteiger partial charge in [0.05, 0.1) is 0 Å². The Bertz CT molecular complexity index is 330. The van der Waals surface area contributed by atoms with Gasteiger partial charge in [-0.05, 0) is 12.8 Å². The van der Waals surface area contributed by atoms with Gasteiger partial charge in [-0.1, -0.05) is 0 Å². The number of aliphatic carboxylic acids is 1. The van der Waals surface area contributed by atoms with Crippen LogP contribution < -0.4 is 16.9 Å². The number of nitrogens with two attached hydrogens (primary N) is 2. The van der Waals surface area contributed by atoms with Crippen LogP contribution in [0.15, 0.2) is 4.99 Å². The second-order valence-electron chi connectivity index (χ2n) is 3.64. The molecule has 104 valence electrons. The Morgan fingerprint density at radius 2 is 2.06 bits per heavy atom. The van der Waals surface area contributed by atoms with E-state index in [1.807, 2.05) is 0 Å². The first-order valence-electron chi connectivity index (χ1n) is 5.16. The highest BCUT2D eigenvalue weighted by atomic mass is 16.7. The SMILES string of the molecule is NC(N)=NCCC[C@](CCO)(N[N+](=O)[O-])C(=O)O. The first kappa shape index (κ1) is 15.9. The summed E-state index contributed by atoms with van der Waals surface area (Å²) in [5, 5.41) is 27.3. The number of carboxylic acid groups (broad SMARTS) is 1. The number of nitrogens with zero attached hydrogens (tertiary/aromatic N) is 2. The second kappa shape index (κ2) is 7.27. The summed E-state index contributed by atoms with van der Waals surface area (Å²) in [7, 11) is 0. The standard InChI is InChI=1S/C8H17N5O5/c9-7(10)11-4-1-2-8(3-5-14,6(15)16)12-13(17)18/h12,14H,1-5H2,(H,15,16)(H4,9,10,11)/t8-/m1/s1. The summed E-state index contributed by atoms with van der Waals surface area (Å²) < 4.78 is 0. The van der Waals surface area contributed by atoms with Crippen molar-refractivity contribution in [3.05, 3.63) is 10.1 Å². The number of rotatable bonds is 9. The number of hydrogen-bond acceptors (Lipinski definition) is 5. The number of carboxylic acids is 1. The van der Waals surface area contributed by atoms with Crippen LogP contribution in [0.3, 0.4) is 0 Å². The molecule has 0 spiro atoms. The van der Waals surface area contributed by atoms with E-state index in [0.29, 0.717) is 0 Å². The maximum Gasteiger partial charge on any atom is 0.335 e. The molecule has 0 aromatic rings. The summed E-state index contributed by atoms with van der Waals surface area (Å²) in [6.07, 6.45) is -0.142. The molecular weight excluding hydrogens is 246 g/mol. The molecule has 0 bridgehead atoms. The van der Waals surface area contributed by atoms with E-state index in [9.17, 15) is 14.9 Å². The Hall–Kier alpha value is -2.10. The van der Waals surface area contributed by atoms with E-state index in [1.54, 1.807) is 5.43 Å². The van der Waals surface area contributed by atoms with Gasteiger partial charge in [-0.15, -0.1) is 5.43 Å². The van der Waals surface area contributed by atoms with Crippen molar-refractivity contribution in [2.75, 3.05) is 13.2 Å². The fourth-order valence-electron chi connectivity index (χ4n) is 1.45. The zero-order valence-electron chi connectivity index (χ0n) is 9.70. The zero-order chi connectivity index (χ0) is 14.2. The number of aliphatic hydroxyl groups excluding tert-OH is 1. The van der Waals surface area contributed by atoms with Crippen LogP contribution in [0.25, 0.3) is 0 Å². The molecule has 0 amide bonds. The van der Waals surface area contributed by atoms with Crippen molar-refractivity contribution >= 4 is 11.9 Å². The predicted molar refractivity (Wildman–Crippen MR) is 62.1 cm³/mol. The number of aliphatic hydroxyl groups is 1. The number of guanidine groups is 1. The summed E-state index contributed by atoms with van der Waals surface area (Å²) >= 11 is 0. The van der Waals surface area contributed by atoms with Crippen LogP contribution in [0.2, 0.25) is 0 Å². The maximum atomic E-state index is 11.1. The van der Waals surface area contributed by atoms with Gasteiger partial charge in [-0.25, -0.2) is 14.9 Å². The molecule has 0 aromatic carbocycles. The highest BCUT2D eigenvalue weighted by Crippen LogP contribution is 2.18. The van der Waals surface area contributed by atoms with Crippen molar-refractivity contribution < 1.29 is 20.0 Å². The zero-order valence-corrected chi connectivity index (χ0v) is 9.70. The predicted octanol–water partition coefficient (Wildman–Crippen LogP) is -1.97. The maximum absolute atomic E-state index is 11.1. The van der Waals surface area contributed by atoms with E-state index < -0.39 is 23.1 Å². The van der Waals surface area contributed by atoms with Crippen molar-refractivity contribution in [2.45, 2.75) is 24.8 Å². The largest absolute Gasteiger partial charge is 0.479 e. The van der Waals surface area contributed by atoms with E-state index in [0.717, 1.165) is 0 Å². The van der Waals surface area contributed by atoms with E-state index in [4.69, 9.17) is 21.7 Å². The molecule has 0 aliphatic carbocycles. The van der Waals surface area contributed by atoms with Gasteiger partial charge in [0.25, 0.3) is 0 Å².